The number of hydrogen-bond acceptors (Lipinski definition) is 9. The molecule has 1 aliphatic carbocycles. The summed E-state index contributed by atoms with van der Waals surface area (Å²) >= 11 is 5.68. The molecule has 0 saturated carbocycles. The minimum absolute atomic E-state index is 0.639. The quantitative estimate of drug-likeness (QED) is 0.127. The number of rotatable bonds is 10. The van der Waals surface area contributed by atoms with Crippen LogP contribution >= 0.6 is 34.0 Å². The van der Waals surface area contributed by atoms with Crippen LogP contribution < -0.4 is 0 Å². The fourth-order valence-electron chi connectivity index (χ4n) is 21.9. The first-order valence-electron chi connectivity index (χ1n) is 46.8. The van der Waals surface area contributed by atoms with Gasteiger partial charge in [-0.15, -0.1) is 34.0 Å². The van der Waals surface area contributed by atoms with Gasteiger partial charge in [-0.25, -0.2) is 29.9 Å². The Balaban J connectivity index is 0.000000133. The number of fused-ring (bicyclic) bond motifs is 30. The Bertz CT molecular complexity index is 10100. The SMILES string of the molecule is c1ccc(-c2nc(-c3ccccc3)nc(-c3ccc4c5ccc(-n6c7ccccc7c7cc(-c8ccc9c(c8)-c8cc%10sc%11ccccc%11c%10cc8C9)ccc76)cc5c5ccccc5c4c3)n2)cc1.c1ccc(-c2nc(-c3ccccc3)nc(-c3ccc4c5ccccc5c5ccc(-n6c7ccccc7c7cc(-c8ccc9sc%10cc%11c(cc%10c9c8)sc8ccccc8%11)ccc76)cc5c4c3)n2)cc1. The van der Waals surface area contributed by atoms with Gasteiger partial charge in [0.25, 0.3) is 0 Å². The summed E-state index contributed by atoms with van der Waals surface area (Å²) in [7, 11) is 0. The van der Waals surface area contributed by atoms with Crippen molar-refractivity contribution in [2.24, 2.45) is 0 Å². The summed E-state index contributed by atoms with van der Waals surface area (Å²) in [5.41, 5.74) is 23.1. The summed E-state index contributed by atoms with van der Waals surface area (Å²) in [6, 6.07) is 159. The fourth-order valence-corrected chi connectivity index (χ4v) is 25.3. The van der Waals surface area contributed by atoms with Crippen molar-refractivity contribution in [2.45, 2.75) is 6.42 Å². The van der Waals surface area contributed by atoms with E-state index in [0.29, 0.717) is 34.9 Å². The summed E-state index contributed by atoms with van der Waals surface area (Å²) in [4.78, 5) is 30.3. The van der Waals surface area contributed by atoms with E-state index >= 15 is 0 Å². The summed E-state index contributed by atoms with van der Waals surface area (Å²) in [6.07, 6.45) is 0.974. The molecule has 0 bridgehead atoms. The average Bonchev–Trinajstić information content (AvgIpc) is 1.66. The van der Waals surface area contributed by atoms with Gasteiger partial charge >= 0.3 is 0 Å². The van der Waals surface area contributed by atoms with Gasteiger partial charge in [0, 0.05) is 127 Å². The summed E-state index contributed by atoms with van der Waals surface area (Å²) < 4.78 is 12.9. The van der Waals surface area contributed by atoms with E-state index < -0.39 is 0 Å². The van der Waals surface area contributed by atoms with Gasteiger partial charge in [-0.05, 0) is 243 Å². The van der Waals surface area contributed by atoms with Crippen LogP contribution in [-0.2, 0) is 6.42 Å². The van der Waals surface area contributed by atoms with Crippen molar-refractivity contribution in [3.8, 4) is 113 Å². The molecule has 0 unspecified atom stereocenters. The molecule has 7 heterocycles. The highest BCUT2D eigenvalue weighted by Gasteiger charge is 2.26. The Morgan fingerprint density at radius 2 is 0.435 bits per heavy atom. The molecule has 0 N–H and O–H groups in total. The maximum Gasteiger partial charge on any atom is 0.164 e. The highest BCUT2D eigenvalue weighted by atomic mass is 32.1. The van der Waals surface area contributed by atoms with Crippen molar-refractivity contribution in [1.82, 2.24) is 39.0 Å². The molecule has 30 rings (SSSR count). The van der Waals surface area contributed by atoms with E-state index in [2.05, 4.69) is 373 Å². The molecule has 22 aromatic carbocycles. The van der Waals surface area contributed by atoms with Crippen LogP contribution in [0.15, 0.2) is 437 Å². The largest absolute Gasteiger partial charge is 0.309 e. The predicted octanol–water partition coefficient (Wildman–Crippen LogP) is 34.9. The molecule has 29 aromatic rings. The maximum atomic E-state index is 5.12. The van der Waals surface area contributed by atoms with Crippen LogP contribution in [0.3, 0.4) is 0 Å². The zero-order valence-electron chi connectivity index (χ0n) is 74.1. The van der Waals surface area contributed by atoms with Crippen molar-refractivity contribution in [3.63, 3.8) is 0 Å². The van der Waals surface area contributed by atoms with Gasteiger partial charge < -0.3 is 9.13 Å². The molecular formula is C127H74N8S3. The Labute approximate surface area is 802 Å². The van der Waals surface area contributed by atoms with E-state index in [1.807, 2.05) is 107 Å². The molecule has 0 atom stereocenters. The van der Waals surface area contributed by atoms with Crippen LogP contribution in [-0.4, -0.2) is 39.0 Å². The third-order valence-corrected chi connectivity index (χ3v) is 31.8. The van der Waals surface area contributed by atoms with Crippen LogP contribution in [0.4, 0.5) is 0 Å². The first-order chi connectivity index (χ1) is 68.3. The number of thiophene rings is 3. The molecule has 7 aromatic heterocycles. The number of nitrogens with zero attached hydrogens (tertiary/aromatic N) is 8. The van der Waals surface area contributed by atoms with Crippen molar-refractivity contribution < 1.29 is 0 Å². The van der Waals surface area contributed by atoms with Gasteiger partial charge in [0.15, 0.2) is 34.9 Å². The Morgan fingerprint density at radius 1 is 0.152 bits per heavy atom. The Hall–Kier alpha value is -17.3. The zero-order valence-corrected chi connectivity index (χ0v) is 76.5. The Kier molecular flexibility index (Phi) is 17.6. The van der Waals surface area contributed by atoms with E-state index in [0.717, 1.165) is 56.6 Å². The minimum atomic E-state index is 0.639. The van der Waals surface area contributed by atoms with E-state index in [-0.39, 0.29) is 0 Å². The standard InChI is InChI=1S/C64H38N4S.C63H36N4S2/c1-3-13-38(14-4-1)62-65-63(39-15-5-2-6-16-39)67-64(66-62)43-25-28-48-49-29-27-45(36-55(49)47-18-8-7-17-46(47)54(48)34-43)68-58-21-11-9-19-50(58)56-33-41(26-30-59(56)68)40-23-24-42-31-44-35-57-51-20-10-12-22-60(51)69-61(57)37-53(44)52(42)32-40;1-3-13-37(14-4-1)61-64-62(38-15-5-2-6-16-38)66-63(65-61)41-23-27-45-43-17-7-8-18-44(43)46-28-26-42(34-50(46)49(45)33-41)67-55-21-11-9-19-47(55)51-31-39(24-29-56(51)67)40-25-30-58-52(32-40)54-36-59-53(35-60(54)69-58)48-20-10-12-22-57(48)68-59/h1-30,32-37H,31H2;1-36H. The van der Waals surface area contributed by atoms with Gasteiger partial charge in [0.1, 0.15) is 0 Å². The van der Waals surface area contributed by atoms with Crippen molar-refractivity contribution >= 4 is 203 Å². The topological polar surface area (TPSA) is 87.2 Å². The lowest BCUT2D eigenvalue weighted by atomic mass is 9.93. The highest BCUT2D eigenvalue weighted by Crippen LogP contribution is 2.50. The number of para-hydroxylation sites is 2. The smallest absolute Gasteiger partial charge is 0.164 e. The van der Waals surface area contributed by atoms with Gasteiger partial charge in [-0.3, -0.25) is 0 Å². The van der Waals surface area contributed by atoms with Gasteiger partial charge in [-0.2, -0.15) is 0 Å². The van der Waals surface area contributed by atoms with Crippen LogP contribution in [0.2, 0.25) is 0 Å². The van der Waals surface area contributed by atoms with Crippen LogP contribution in [0.1, 0.15) is 11.1 Å². The molecule has 0 spiro atoms. The first-order valence-corrected chi connectivity index (χ1v) is 49.2. The molecule has 11 heteroatoms. The molecule has 640 valence electrons. The number of hydrogen-bond donors (Lipinski definition) is 0. The number of benzene rings is 22. The molecule has 138 heavy (non-hydrogen) atoms. The van der Waals surface area contributed by atoms with E-state index in [9.17, 15) is 0 Å². The molecule has 0 fully saturated rings. The van der Waals surface area contributed by atoms with Crippen molar-refractivity contribution in [3.05, 3.63) is 448 Å². The van der Waals surface area contributed by atoms with E-state index in [1.165, 1.54) is 208 Å². The van der Waals surface area contributed by atoms with Crippen LogP contribution in [0, 0.1) is 0 Å². The molecule has 1 aliphatic rings. The number of aromatic nitrogens is 8. The minimum Gasteiger partial charge on any atom is -0.309 e. The summed E-state index contributed by atoms with van der Waals surface area (Å²) in [5, 5.41) is 27.4. The predicted molar refractivity (Wildman–Crippen MR) is 584 cm³/mol. The monoisotopic (exact) mass is 1810 g/mol. The third-order valence-electron chi connectivity index (χ3n) is 28.4. The second-order valence-electron chi connectivity index (χ2n) is 36.2. The Morgan fingerprint density at radius 3 is 0.899 bits per heavy atom. The van der Waals surface area contributed by atoms with E-state index in [4.69, 9.17) is 29.9 Å². The van der Waals surface area contributed by atoms with E-state index in [1.54, 1.807) is 0 Å². The lowest BCUT2D eigenvalue weighted by molar-refractivity contribution is 1.07. The van der Waals surface area contributed by atoms with Crippen molar-refractivity contribution in [2.75, 3.05) is 0 Å². The highest BCUT2D eigenvalue weighted by molar-refractivity contribution is 7.27. The van der Waals surface area contributed by atoms with Crippen LogP contribution in [0.25, 0.3) is 282 Å². The molecule has 0 radical (unpaired) electrons. The zero-order chi connectivity index (χ0) is 90.3. The lowest BCUT2D eigenvalue weighted by Crippen LogP contribution is -2.00. The first kappa shape index (κ1) is 78.2. The molecular weight excluding hydrogens is 1730 g/mol. The molecule has 0 amide bonds. The summed E-state index contributed by atoms with van der Waals surface area (Å²) in [5.74, 6) is 3.89. The summed E-state index contributed by atoms with van der Waals surface area (Å²) in [6.45, 7) is 0. The fraction of sp³-hybridized carbons (Fsp3) is 0.00787. The third kappa shape index (κ3) is 12.6. The lowest BCUT2D eigenvalue weighted by Gasteiger charge is -2.15. The second-order valence-corrected chi connectivity index (χ2v) is 39.5. The van der Waals surface area contributed by atoms with Gasteiger partial charge in [0.05, 0.1) is 22.1 Å². The van der Waals surface area contributed by atoms with Gasteiger partial charge in [-0.1, -0.05) is 309 Å². The van der Waals surface area contributed by atoms with Crippen molar-refractivity contribution in [1.29, 1.82) is 0 Å². The molecule has 0 saturated heterocycles. The molecule has 0 aliphatic heterocycles. The second kappa shape index (κ2) is 31.1. The molecule has 8 nitrogen and oxygen atoms in total. The average molecular weight is 1810 g/mol. The maximum absolute atomic E-state index is 5.12. The van der Waals surface area contributed by atoms with Crippen LogP contribution in [0.5, 0.6) is 0 Å². The van der Waals surface area contributed by atoms with Gasteiger partial charge in [0.2, 0.25) is 0 Å². The normalized spacial score (nSPS) is 12.2.